The molecule has 0 radical (unpaired) electrons. The van der Waals surface area contributed by atoms with Crippen LogP contribution in [-0.4, -0.2) is 12.6 Å². The van der Waals surface area contributed by atoms with Crippen molar-refractivity contribution in [3.63, 3.8) is 0 Å². The van der Waals surface area contributed by atoms with E-state index in [4.69, 9.17) is 4.74 Å². The molecule has 0 N–H and O–H groups in total. The van der Waals surface area contributed by atoms with Crippen molar-refractivity contribution >= 4 is 5.97 Å². The minimum absolute atomic E-state index is 0.0781. The highest BCUT2D eigenvalue weighted by molar-refractivity contribution is 5.75. The first-order chi connectivity index (χ1) is 8.59. The Labute approximate surface area is 110 Å². The normalized spacial score (nSPS) is 43.2. The van der Waals surface area contributed by atoms with Gasteiger partial charge in [-0.05, 0) is 49.4 Å². The monoisotopic (exact) mass is 248 g/mol. The number of esters is 1. The summed E-state index contributed by atoms with van der Waals surface area (Å²) in [5, 5.41) is 0. The van der Waals surface area contributed by atoms with Gasteiger partial charge < -0.3 is 4.74 Å². The van der Waals surface area contributed by atoms with E-state index in [0.717, 1.165) is 0 Å². The number of rotatable bonds is 1. The molecule has 3 rings (SSSR count). The Balaban J connectivity index is 2.02. The van der Waals surface area contributed by atoms with Gasteiger partial charge in [0.05, 0.1) is 12.5 Å². The van der Waals surface area contributed by atoms with Gasteiger partial charge in [0.25, 0.3) is 0 Å². The average Bonchev–Trinajstić information content (AvgIpc) is 2.32. The standard InChI is InChI=1S/C16H24O2/c1-9(2)13-10(3)7-11-5-4-6-12-8-18-16(17)15(13)14(11)12/h7,9,11-15H,4-6,8H2,1-3H3/t11-,12+,13+,14+,15-/m0/s1. The predicted octanol–water partition coefficient (Wildman–Crippen LogP) is 3.42. The highest BCUT2D eigenvalue weighted by Crippen LogP contribution is 2.52. The Hall–Kier alpha value is -0.790. The average molecular weight is 248 g/mol. The summed E-state index contributed by atoms with van der Waals surface area (Å²) in [7, 11) is 0. The molecule has 18 heavy (non-hydrogen) atoms. The van der Waals surface area contributed by atoms with Crippen molar-refractivity contribution in [2.45, 2.75) is 40.0 Å². The van der Waals surface area contributed by atoms with Gasteiger partial charge in [0, 0.05) is 0 Å². The summed E-state index contributed by atoms with van der Waals surface area (Å²) in [4.78, 5) is 12.3. The van der Waals surface area contributed by atoms with Gasteiger partial charge in [0.2, 0.25) is 0 Å². The van der Waals surface area contributed by atoms with Gasteiger partial charge in [0.15, 0.2) is 0 Å². The second-order valence-corrected chi connectivity index (χ2v) is 6.77. The molecule has 0 aromatic rings. The van der Waals surface area contributed by atoms with Crippen molar-refractivity contribution in [3.8, 4) is 0 Å². The van der Waals surface area contributed by atoms with Crippen molar-refractivity contribution in [2.24, 2.45) is 35.5 Å². The van der Waals surface area contributed by atoms with Gasteiger partial charge in [-0.2, -0.15) is 0 Å². The van der Waals surface area contributed by atoms with Crippen LogP contribution >= 0.6 is 0 Å². The molecule has 0 spiro atoms. The molecule has 100 valence electrons. The summed E-state index contributed by atoms with van der Waals surface area (Å²) in [5.74, 6) is 2.97. The Kier molecular flexibility index (Phi) is 2.99. The molecule has 2 heteroatoms. The molecule has 3 aliphatic rings. The first kappa shape index (κ1) is 12.3. The SMILES string of the molecule is CC1=C[C@@H]2CCC[C@@H]3COC(=O)[C@H]([C@@H]32)[C@@H]1C(C)C. The molecule has 0 unspecified atom stereocenters. The first-order valence-electron chi connectivity index (χ1n) is 7.44. The molecule has 2 aliphatic carbocycles. The smallest absolute Gasteiger partial charge is 0.309 e. The van der Waals surface area contributed by atoms with Crippen LogP contribution in [0.2, 0.25) is 0 Å². The van der Waals surface area contributed by atoms with Crippen LogP contribution in [0, 0.1) is 35.5 Å². The molecular weight excluding hydrogens is 224 g/mol. The fourth-order valence-electron chi connectivity index (χ4n) is 4.80. The first-order valence-corrected chi connectivity index (χ1v) is 7.44. The predicted molar refractivity (Wildman–Crippen MR) is 70.9 cm³/mol. The molecule has 0 aromatic carbocycles. The fourth-order valence-corrected chi connectivity index (χ4v) is 4.80. The van der Waals surface area contributed by atoms with Crippen LogP contribution in [0.15, 0.2) is 11.6 Å². The molecule has 2 fully saturated rings. The van der Waals surface area contributed by atoms with Crippen molar-refractivity contribution in [3.05, 3.63) is 11.6 Å². The summed E-state index contributed by atoms with van der Waals surface area (Å²) >= 11 is 0. The second-order valence-electron chi connectivity index (χ2n) is 6.77. The number of carbonyl (C=O) groups excluding carboxylic acids is 1. The van der Waals surface area contributed by atoms with Gasteiger partial charge in [-0.25, -0.2) is 0 Å². The lowest BCUT2D eigenvalue weighted by molar-refractivity contribution is -0.170. The van der Waals surface area contributed by atoms with Crippen molar-refractivity contribution in [2.75, 3.05) is 6.61 Å². The van der Waals surface area contributed by atoms with E-state index >= 15 is 0 Å². The van der Waals surface area contributed by atoms with Crippen LogP contribution in [0.25, 0.3) is 0 Å². The van der Waals surface area contributed by atoms with Crippen molar-refractivity contribution in [1.29, 1.82) is 0 Å². The van der Waals surface area contributed by atoms with Gasteiger partial charge in [-0.15, -0.1) is 0 Å². The maximum atomic E-state index is 12.3. The number of ether oxygens (including phenoxy) is 1. The largest absolute Gasteiger partial charge is 0.465 e. The lowest BCUT2D eigenvalue weighted by atomic mass is 9.56. The molecule has 0 bridgehead atoms. The highest BCUT2D eigenvalue weighted by Gasteiger charge is 2.51. The number of cyclic esters (lactones) is 1. The van der Waals surface area contributed by atoms with Gasteiger partial charge in [0.1, 0.15) is 0 Å². The van der Waals surface area contributed by atoms with Crippen LogP contribution in [0.1, 0.15) is 40.0 Å². The third kappa shape index (κ3) is 1.72. The van der Waals surface area contributed by atoms with Crippen LogP contribution in [0.4, 0.5) is 0 Å². The van der Waals surface area contributed by atoms with E-state index in [9.17, 15) is 4.79 Å². The van der Waals surface area contributed by atoms with E-state index < -0.39 is 0 Å². The summed E-state index contributed by atoms with van der Waals surface area (Å²) in [6.07, 6.45) is 6.30. The topological polar surface area (TPSA) is 26.3 Å². The lowest BCUT2D eigenvalue weighted by Gasteiger charge is -2.50. The minimum atomic E-state index is 0.0781. The molecular formula is C16H24O2. The van der Waals surface area contributed by atoms with Crippen LogP contribution in [0.3, 0.4) is 0 Å². The number of allylic oxidation sites excluding steroid dienone is 2. The molecule has 2 nitrogen and oxygen atoms in total. The van der Waals surface area contributed by atoms with E-state index in [1.54, 1.807) is 0 Å². The summed E-state index contributed by atoms with van der Waals surface area (Å²) < 4.78 is 5.50. The summed E-state index contributed by atoms with van der Waals surface area (Å²) in [6, 6.07) is 0. The Morgan fingerprint density at radius 1 is 1.33 bits per heavy atom. The van der Waals surface area contributed by atoms with E-state index in [2.05, 4.69) is 26.8 Å². The van der Waals surface area contributed by atoms with E-state index in [1.165, 1.54) is 24.8 Å². The lowest BCUT2D eigenvalue weighted by Crippen LogP contribution is -2.51. The van der Waals surface area contributed by atoms with Crippen LogP contribution in [-0.2, 0) is 9.53 Å². The van der Waals surface area contributed by atoms with E-state index in [-0.39, 0.29) is 11.9 Å². The summed E-state index contributed by atoms with van der Waals surface area (Å²) in [5.41, 5.74) is 1.43. The third-order valence-electron chi connectivity index (χ3n) is 5.39. The van der Waals surface area contributed by atoms with Crippen LogP contribution in [0.5, 0.6) is 0 Å². The Morgan fingerprint density at radius 3 is 2.83 bits per heavy atom. The number of hydrogen-bond acceptors (Lipinski definition) is 2. The van der Waals surface area contributed by atoms with E-state index in [0.29, 0.717) is 36.2 Å². The molecule has 0 amide bonds. The molecule has 1 saturated carbocycles. The Morgan fingerprint density at radius 2 is 2.11 bits per heavy atom. The van der Waals surface area contributed by atoms with Crippen LogP contribution < -0.4 is 0 Å². The van der Waals surface area contributed by atoms with Gasteiger partial charge >= 0.3 is 5.97 Å². The Bertz CT molecular complexity index is 383. The molecule has 1 aliphatic heterocycles. The zero-order valence-electron chi connectivity index (χ0n) is 11.7. The fraction of sp³-hybridized carbons (Fsp3) is 0.812. The van der Waals surface area contributed by atoms with Gasteiger partial charge in [-0.1, -0.05) is 31.9 Å². The van der Waals surface area contributed by atoms with Crippen molar-refractivity contribution < 1.29 is 9.53 Å². The molecule has 0 aromatic heterocycles. The maximum Gasteiger partial charge on any atom is 0.309 e. The van der Waals surface area contributed by atoms with Gasteiger partial charge in [-0.3, -0.25) is 4.79 Å². The zero-order valence-corrected chi connectivity index (χ0v) is 11.7. The highest BCUT2D eigenvalue weighted by atomic mass is 16.5. The maximum absolute atomic E-state index is 12.3. The van der Waals surface area contributed by atoms with E-state index in [1.807, 2.05) is 0 Å². The van der Waals surface area contributed by atoms with Crippen molar-refractivity contribution in [1.82, 2.24) is 0 Å². The number of carbonyl (C=O) groups is 1. The molecule has 1 heterocycles. The quantitative estimate of drug-likeness (QED) is 0.525. The minimum Gasteiger partial charge on any atom is -0.465 e. The zero-order chi connectivity index (χ0) is 12.9. The second kappa shape index (κ2) is 4.40. The number of hydrogen-bond donors (Lipinski definition) is 0. The third-order valence-corrected chi connectivity index (χ3v) is 5.39. The summed E-state index contributed by atoms with van der Waals surface area (Å²) in [6.45, 7) is 7.37. The molecule has 5 atom stereocenters. The molecule has 1 saturated heterocycles.